The first-order chi connectivity index (χ1) is 47.7. The molecule has 0 N–H and O–H groups in total. The predicted molar refractivity (Wildman–Crippen MR) is 421 cm³/mol. The van der Waals surface area contributed by atoms with Crippen LogP contribution in [0.5, 0.6) is 0 Å². The fourth-order valence-corrected chi connectivity index (χ4v) is 16.2. The lowest BCUT2D eigenvalue weighted by Gasteiger charge is -2.46. The van der Waals surface area contributed by atoms with Gasteiger partial charge in [-0.05, 0) is 170 Å². The number of aromatic nitrogens is 2. The lowest BCUT2D eigenvalue weighted by atomic mass is 9.33. The predicted octanol–water partition coefficient (Wildman–Crippen LogP) is 23.6. The number of aryl methyl sites for hydroxylation is 1. The average Bonchev–Trinajstić information content (AvgIpc) is 0.967. The standard InChI is InChI=1S/C93H81BN4/c1-61(2)31-21-22-32-62-53-87-89-88(54-62)98(91-77(65-37-17-11-18-38-65)57-68(93(6,7)8)58-78(91)66-39-19-12-20-40-66)86-60-70(96-83-47-29-25-43-73(83)74-44-26-30-48-84(74)96)50-52-80(86)94(89)79-51-49-69(95-81-45-27-23-41-71(81)72-42-24-28-46-82(72)95)59-85(79)97(87)90-75(63-33-13-9-14-34-63)55-67(92(3,4)5)56-76(90)64-35-15-10-16-36-64/h9-20,23-30,33-61H,21-22,31-32H2,1-8H3. The van der Waals surface area contributed by atoms with Gasteiger partial charge in [0.05, 0.1) is 33.4 Å². The van der Waals surface area contributed by atoms with Gasteiger partial charge in [-0.3, -0.25) is 0 Å². The Morgan fingerprint density at radius 1 is 0.327 bits per heavy atom. The summed E-state index contributed by atoms with van der Waals surface area (Å²) in [5.41, 5.74) is 30.9. The van der Waals surface area contributed by atoms with E-state index in [0.29, 0.717) is 5.92 Å². The van der Waals surface area contributed by atoms with Crippen molar-refractivity contribution in [3.63, 3.8) is 0 Å². The Balaban J connectivity index is 1.06. The van der Waals surface area contributed by atoms with E-state index in [1.165, 1.54) is 139 Å². The fourth-order valence-electron chi connectivity index (χ4n) is 16.2. The van der Waals surface area contributed by atoms with Crippen LogP contribution >= 0.6 is 0 Å². The first-order valence-corrected chi connectivity index (χ1v) is 35.4. The molecule has 476 valence electrons. The molecule has 2 aliphatic heterocycles. The highest BCUT2D eigenvalue weighted by molar-refractivity contribution is 7.00. The van der Waals surface area contributed by atoms with Gasteiger partial charge in [-0.25, -0.2) is 0 Å². The van der Waals surface area contributed by atoms with Crippen molar-refractivity contribution in [2.45, 2.75) is 91.9 Å². The van der Waals surface area contributed by atoms with Gasteiger partial charge in [-0.1, -0.05) is 274 Å². The number of hydrogen-bond donors (Lipinski definition) is 0. The van der Waals surface area contributed by atoms with Crippen LogP contribution in [0.2, 0.25) is 0 Å². The number of benzene rings is 13. The van der Waals surface area contributed by atoms with Crippen molar-refractivity contribution in [2.75, 3.05) is 9.80 Å². The van der Waals surface area contributed by atoms with Crippen molar-refractivity contribution in [1.82, 2.24) is 9.13 Å². The van der Waals surface area contributed by atoms with E-state index in [0.717, 1.165) is 53.4 Å². The summed E-state index contributed by atoms with van der Waals surface area (Å²) in [4.78, 5) is 5.51. The smallest absolute Gasteiger partial charge is 0.252 e. The van der Waals surface area contributed by atoms with E-state index >= 15 is 0 Å². The average molecular weight is 1270 g/mol. The van der Waals surface area contributed by atoms with Crippen LogP contribution in [0, 0.1) is 5.92 Å². The summed E-state index contributed by atoms with van der Waals surface area (Å²) in [5.74, 6) is 0.611. The minimum atomic E-state index is -0.199. The third kappa shape index (κ3) is 10.3. The molecular weight excluding hydrogens is 1180 g/mol. The molecule has 0 spiro atoms. The number of para-hydroxylation sites is 4. The molecule has 0 bridgehead atoms. The van der Waals surface area contributed by atoms with Crippen molar-refractivity contribution < 1.29 is 0 Å². The van der Waals surface area contributed by atoms with E-state index in [4.69, 9.17) is 0 Å². The number of fused-ring (bicyclic) bond motifs is 10. The van der Waals surface area contributed by atoms with Gasteiger partial charge in [0.1, 0.15) is 0 Å². The zero-order valence-electron chi connectivity index (χ0n) is 57.5. The summed E-state index contributed by atoms with van der Waals surface area (Å²) in [6.07, 6.45) is 4.31. The summed E-state index contributed by atoms with van der Waals surface area (Å²) in [6, 6.07) is 111. The van der Waals surface area contributed by atoms with Crippen LogP contribution in [0.4, 0.5) is 34.1 Å². The molecule has 2 aliphatic rings. The Hall–Kier alpha value is -10.9. The first kappa shape index (κ1) is 60.8. The Morgan fingerprint density at radius 2 is 0.643 bits per heavy atom. The van der Waals surface area contributed by atoms with Gasteiger partial charge >= 0.3 is 0 Å². The maximum atomic E-state index is 2.76. The number of unbranched alkanes of at least 4 members (excludes halogenated alkanes) is 1. The third-order valence-electron chi connectivity index (χ3n) is 21.0. The van der Waals surface area contributed by atoms with Crippen molar-refractivity contribution in [3.8, 4) is 55.9 Å². The molecule has 4 heterocycles. The minimum Gasteiger partial charge on any atom is -0.310 e. The van der Waals surface area contributed by atoms with Crippen LogP contribution in [-0.2, 0) is 17.3 Å². The molecule has 0 unspecified atom stereocenters. The summed E-state index contributed by atoms with van der Waals surface area (Å²) < 4.78 is 5.03. The van der Waals surface area contributed by atoms with Gasteiger partial charge in [-0.2, -0.15) is 0 Å². The molecule has 4 nitrogen and oxygen atoms in total. The van der Waals surface area contributed by atoms with Gasteiger partial charge in [0.2, 0.25) is 0 Å². The largest absolute Gasteiger partial charge is 0.310 e. The molecule has 15 aromatic rings. The van der Waals surface area contributed by atoms with Crippen molar-refractivity contribution in [2.24, 2.45) is 5.92 Å². The summed E-state index contributed by atoms with van der Waals surface area (Å²) in [7, 11) is 0. The Bertz CT molecular complexity index is 5010. The van der Waals surface area contributed by atoms with Gasteiger partial charge in [0, 0.05) is 77.9 Å². The Labute approximate surface area is 577 Å². The zero-order chi connectivity index (χ0) is 66.6. The van der Waals surface area contributed by atoms with Crippen LogP contribution in [-0.4, -0.2) is 15.8 Å². The van der Waals surface area contributed by atoms with Crippen LogP contribution in [0.3, 0.4) is 0 Å². The van der Waals surface area contributed by atoms with E-state index in [2.05, 4.69) is 366 Å². The normalized spacial score (nSPS) is 12.9. The van der Waals surface area contributed by atoms with E-state index in [9.17, 15) is 0 Å². The van der Waals surface area contributed by atoms with Gasteiger partial charge in [-0.15, -0.1) is 0 Å². The molecule has 98 heavy (non-hydrogen) atoms. The second-order valence-electron chi connectivity index (χ2n) is 29.8. The first-order valence-electron chi connectivity index (χ1n) is 35.4. The number of hydrogen-bond acceptors (Lipinski definition) is 2. The topological polar surface area (TPSA) is 16.3 Å². The lowest BCUT2D eigenvalue weighted by molar-refractivity contribution is 0.538. The molecule has 0 saturated heterocycles. The summed E-state index contributed by atoms with van der Waals surface area (Å²) in [5, 5.41) is 4.97. The number of rotatable bonds is 13. The fraction of sp³-hybridized carbons (Fsp3) is 0.161. The number of anilines is 6. The molecule has 17 rings (SSSR count). The molecule has 0 saturated carbocycles. The molecule has 0 fully saturated rings. The molecule has 0 atom stereocenters. The monoisotopic (exact) mass is 1260 g/mol. The molecule has 0 radical (unpaired) electrons. The van der Waals surface area contributed by atoms with E-state index in [1.54, 1.807) is 0 Å². The van der Waals surface area contributed by atoms with Crippen LogP contribution < -0.4 is 26.2 Å². The Morgan fingerprint density at radius 3 is 0.959 bits per heavy atom. The third-order valence-corrected chi connectivity index (χ3v) is 21.0. The molecule has 0 amide bonds. The van der Waals surface area contributed by atoms with Crippen molar-refractivity contribution in [3.05, 3.63) is 308 Å². The molecular formula is C93H81BN4. The summed E-state index contributed by atoms with van der Waals surface area (Å²) in [6.45, 7) is 18.7. The maximum absolute atomic E-state index is 2.76. The quantitative estimate of drug-likeness (QED) is 0.0845. The lowest BCUT2D eigenvalue weighted by Crippen LogP contribution is -2.61. The van der Waals surface area contributed by atoms with Gasteiger partial charge in [0.25, 0.3) is 6.71 Å². The molecule has 13 aromatic carbocycles. The van der Waals surface area contributed by atoms with E-state index in [-0.39, 0.29) is 17.5 Å². The second kappa shape index (κ2) is 24.0. The van der Waals surface area contributed by atoms with E-state index < -0.39 is 0 Å². The van der Waals surface area contributed by atoms with Crippen LogP contribution in [0.15, 0.2) is 291 Å². The molecule has 0 aliphatic carbocycles. The minimum absolute atomic E-state index is 0.174. The van der Waals surface area contributed by atoms with Crippen molar-refractivity contribution >= 4 is 101 Å². The van der Waals surface area contributed by atoms with E-state index in [1.807, 2.05) is 0 Å². The highest BCUT2D eigenvalue weighted by Crippen LogP contribution is 2.55. The highest BCUT2D eigenvalue weighted by Gasteiger charge is 2.46. The zero-order valence-corrected chi connectivity index (χ0v) is 57.5. The Kier molecular flexibility index (Phi) is 14.9. The SMILES string of the molecule is CC(C)CCCCc1cc2c3c(c1)N(c1c(-c4ccccc4)cc(C(C)(C)C)cc1-c1ccccc1)c1cc(-n4c5ccccc5c5ccccc54)ccc1B3c1ccc(-n3c4ccccc4c4ccccc43)cc1N2c1c(-c2ccccc2)cc(C(C)(C)C)cc1-c1ccccc1. The second-order valence-corrected chi connectivity index (χ2v) is 29.8. The van der Waals surface area contributed by atoms with Crippen molar-refractivity contribution in [1.29, 1.82) is 0 Å². The van der Waals surface area contributed by atoms with Gasteiger partial charge < -0.3 is 18.9 Å². The molecule has 5 heteroatoms. The maximum Gasteiger partial charge on any atom is 0.252 e. The molecule has 2 aromatic heterocycles. The van der Waals surface area contributed by atoms with Gasteiger partial charge in [0.15, 0.2) is 0 Å². The summed E-state index contributed by atoms with van der Waals surface area (Å²) >= 11 is 0. The number of nitrogens with zero attached hydrogens (tertiary/aromatic N) is 4. The van der Waals surface area contributed by atoms with Crippen LogP contribution in [0.1, 0.15) is 91.3 Å². The van der Waals surface area contributed by atoms with Crippen LogP contribution in [0.25, 0.3) is 99.5 Å². The highest BCUT2D eigenvalue weighted by atomic mass is 15.2.